The predicted octanol–water partition coefficient (Wildman–Crippen LogP) is 2.14. The summed E-state index contributed by atoms with van der Waals surface area (Å²) in [6.45, 7) is 1.28. The highest BCUT2D eigenvalue weighted by Gasteiger charge is 2.35. The number of likely N-dealkylation sites (N-methyl/N-ethyl adjacent to an activating group) is 1. The summed E-state index contributed by atoms with van der Waals surface area (Å²) < 4.78 is 5.60. The first kappa shape index (κ1) is 18.0. The molecule has 0 bridgehead atoms. The normalized spacial score (nSPS) is 19.1. The number of hydrogen-bond acceptors (Lipinski definition) is 4. The minimum absolute atomic E-state index is 0.0709. The molecule has 2 aliphatic rings. The van der Waals surface area contributed by atoms with Gasteiger partial charge >= 0.3 is 0 Å². The van der Waals surface area contributed by atoms with E-state index in [1.54, 1.807) is 35.0 Å². The molecule has 0 spiro atoms. The van der Waals surface area contributed by atoms with Crippen LogP contribution in [-0.4, -0.2) is 49.4 Å². The molecule has 1 N–H and O–H groups in total. The minimum Gasteiger partial charge on any atom is -0.491 e. The standard InChI is InChI=1S/C21H21N3O4/c1-23-9-10-28-18-8-7-15(12-17(18)21(23)27)22-20(26)14-11-19(25)24(13-14)16-5-3-2-4-6-16/h2-8,12,14H,9-11,13H2,1H3,(H,22,26). The smallest absolute Gasteiger partial charge is 0.257 e. The van der Waals surface area contributed by atoms with Crippen molar-refractivity contribution in [2.45, 2.75) is 6.42 Å². The van der Waals surface area contributed by atoms with Crippen LogP contribution in [0.2, 0.25) is 0 Å². The lowest BCUT2D eigenvalue weighted by atomic mass is 10.1. The second-order valence-corrected chi connectivity index (χ2v) is 7.02. The van der Waals surface area contributed by atoms with Gasteiger partial charge in [0.1, 0.15) is 12.4 Å². The number of para-hydroxylation sites is 1. The van der Waals surface area contributed by atoms with E-state index in [4.69, 9.17) is 4.74 Å². The monoisotopic (exact) mass is 379 g/mol. The van der Waals surface area contributed by atoms with Crippen LogP contribution in [0.25, 0.3) is 0 Å². The van der Waals surface area contributed by atoms with Crippen molar-refractivity contribution < 1.29 is 19.1 Å². The van der Waals surface area contributed by atoms with Crippen LogP contribution in [0.1, 0.15) is 16.8 Å². The first-order chi connectivity index (χ1) is 13.5. The molecular formula is C21H21N3O4. The average molecular weight is 379 g/mol. The van der Waals surface area contributed by atoms with E-state index in [1.807, 2.05) is 30.3 Å². The summed E-state index contributed by atoms with van der Waals surface area (Å²) in [6.07, 6.45) is 0.163. The molecule has 1 fully saturated rings. The van der Waals surface area contributed by atoms with Gasteiger partial charge in [0, 0.05) is 31.4 Å². The topological polar surface area (TPSA) is 79.0 Å². The summed E-state index contributed by atoms with van der Waals surface area (Å²) in [5, 5.41) is 2.84. The maximum atomic E-state index is 12.7. The number of carbonyl (C=O) groups excluding carboxylic acids is 3. The first-order valence-electron chi connectivity index (χ1n) is 9.21. The van der Waals surface area contributed by atoms with Gasteiger partial charge in [-0.3, -0.25) is 14.4 Å². The quantitative estimate of drug-likeness (QED) is 0.886. The molecule has 144 valence electrons. The molecule has 0 aromatic heterocycles. The van der Waals surface area contributed by atoms with Gasteiger partial charge < -0.3 is 19.9 Å². The molecule has 0 saturated carbocycles. The van der Waals surface area contributed by atoms with Crippen molar-refractivity contribution in [1.82, 2.24) is 4.90 Å². The van der Waals surface area contributed by atoms with Crippen LogP contribution in [0.5, 0.6) is 5.75 Å². The largest absolute Gasteiger partial charge is 0.491 e. The Balaban J connectivity index is 1.48. The number of rotatable bonds is 3. The summed E-state index contributed by atoms with van der Waals surface area (Å²) in [7, 11) is 1.72. The molecule has 1 atom stereocenters. The average Bonchev–Trinajstić information content (AvgIpc) is 3.04. The van der Waals surface area contributed by atoms with Crippen molar-refractivity contribution in [3.8, 4) is 5.75 Å². The van der Waals surface area contributed by atoms with Crippen molar-refractivity contribution in [3.05, 3.63) is 54.1 Å². The van der Waals surface area contributed by atoms with E-state index in [2.05, 4.69) is 5.32 Å². The van der Waals surface area contributed by atoms with E-state index < -0.39 is 5.92 Å². The first-order valence-corrected chi connectivity index (χ1v) is 9.21. The molecule has 7 heteroatoms. The van der Waals surface area contributed by atoms with Crippen LogP contribution < -0.4 is 15.0 Å². The molecule has 2 aliphatic heterocycles. The number of nitrogens with one attached hydrogen (secondary N) is 1. The fourth-order valence-electron chi connectivity index (χ4n) is 3.49. The van der Waals surface area contributed by atoms with Crippen LogP contribution in [0.15, 0.2) is 48.5 Å². The minimum atomic E-state index is -0.443. The van der Waals surface area contributed by atoms with Crippen molar-refractivity contribution >= 4 is 29.1 Å². The van der Waals surface area contributed by atoms with Gasteiger partial charge in [-0.25, -0.2) is 0 Å². The molecule has 0 aliphatic carbocycles. The van der Waals surface area contributed by atoms with E-state index in [1.165, 1.54) is 0 Å². The van der Waals surface area contributed by atoms with Crippen LogP contribution in [0.3, 0.4) is 0 Å². The second kappa shape index (κ2) is 7.34. The molecule has 1 saturated heterocycles. The predicted molar refractivity (Wildman–Crippen MR) is 104 cm³/mol. The molecular weight excluding hydrogens is 358 g/mol. The zero-order valence-electron chi connectivity index (χ0n) is 15.6. The number of fused-ring (bicyclic) bond motifs is 1. The van der Waals surface area contributed by atoms with Gasteiger partial charge in [-0.2, -0.15) is 0 Å². The fraction of sp³-hybridized carbons (Fsp3) is 0.286. The molecule has 4 rings (SSSR count). The van der Waals surface area contributed by atoms with E-state index >= 15 is 0 Å². The van der Waals surface area contributed by atoms with Crippen molar-refractivity contribution in [2.24, 2.45) is 5.92 Å². The summed E-state index contributed by atoms with van der Waals surface area (Å²) in [4.78, 5) is 40.7. The summed E-state index contributed by atoms with van der Waals surface area (Å²) in [5.74, 6) is -0.379. The summed E-state index contributed by atoms with van der Waals surface area (Å²) in [6, 6.07) is 14.3. The second-order valence-electron chi connectivity index (χ2n) is 7.02. The van der Waals surface area contributed by atoms with Gasteiger partial charge in [0.25, 0.3) is 5.91 Å². The SMILES string of the molecule is CN1CCOc2ccc(NC(=O)C3CC(=O)N(c4ccccc4)C3)cc2C1=O. The Kier molecular flexibility index (Phi) is 4.73. The highest BCUT2D eigenvalue weighted by Crippen LogP contribution is 2.28. The van der Waals surface area contributed by atoms with Crippen LogP contribution in [-0.2, 0) is 9.59 Å². The van der Waals surface area contributed by atoms with Crippen molar-refractivity contribution in [2.75, 3.05) is 37.0 Å². The van der Waals surface area contributed by atoms with Crippen molar-refractivity contribution in [1.29, 1.82) is 0 Å². The molecule has 28 heavy (non-hydrogen) atoms. The van der Waals surface area contributed by atoms with Gasteiger partial charge in [0.05, 0.1) is 18.0 Å². The van der Waals surface area contributed by atoms with Gasteiger partial charge in [0.15, 0.2) is 0 Å². The Morgan fingerprint density at radius 2 is 1.93 bits per heavy atom. The lowest BCUT2D eigenvalue weighted by Crippen LogP contribution is -2.28. The van der Waals surface area contributed by atoms with Crippen molar-refractivity contribution in [3.63, 3.8) is 0 Å². The molecule has 1 unspecified atom stereocenters. The number of nitrogens with zero attached hydrogens (tertiary/aromatic N) is 2. The van der Waals surface area contributed by atoms with Crippen LogP contribution >= 0.6 is 0 Å². The number of anilines is 2. The van der Waals surface area contributed by atoms with Gasteiger partial charge in [0.2, 0.25) is 11.8 Å². The fourth-order valence-corrected chi connectivity index (χ4v) is 3.49. The molecule has 7 nitrogen and oxygen atoms in total. The molecule has 2 aromatic rings. The number of hydrogen-bond donors (Lipinski definition) is 1. The maximum absolute atomic E-state index is 12.7. The Morgan fingerprint density at radius 3 is 2.71 bits per heavy atom. The third kappa shape index (κ3) is 3.43. The third-order valence-corrected chi connectivity index (χ3v) is 5.07. The highest BCUT2D eigenvalue weighted by atomic mass is 16.5. The molecule has 2 aromatic carbocycles. The lowest BCUT2D eigenvalue weighted by molar-refractivity contribution is -0.122. The van der Waals surface area contributed by atoms with E-state index in [-0.39, 0.29) is 24.1 Å². The Labute approximate surface area is 162 Å². The van der Waals surface area contributed by atoms with Gasteiger partial charge in [-0.1, -0.05) is 18.2 Å². The zero-order chi connectivity index (χ0) is 19.7. The van der Waals surface area contributed by atoms with Crippen LogP contribution in [0.4, 0.5) is 11.4 Å². The van der Waals surface area contributed by atoms with Crippen LogP contribution in [0, 0.1) is 5.92 Å². The number of benzene rings is 2. The Hall–Kier alpha value is -3.35. The highest BCUT2D eigenvalue weighted by molar-refractivity contribution is 6.04. The lowest BCUT2D eigenvalue weighted by Gasteiger charge is -2.17. The number of amides is 3. The summed E-state index contributed by atoms with van der Waals surface area (Å²) >= 11 is 0. The van der Waals surface area contributed by atoms with E-state index in [0.29, 0.717) is 36.7 Å². The molecule has 0 radical (unpaired) electrons. The zero-order valence-corrected chi connectivity index (χ0v) is 15.6. The molecule has 3 amide bonds. The Bertz CT molecular complexity index is 929. The number of carbonyl (C=O) groups is 3. The third-order valence-electron chi connectivity index (χ3n) is 5.07. The maximum Gasteiger partial charge on any atom is 0.257 e. The number of ether oxygens (including phenoxy) is 1. The van der Waals surface area contributed by atoms with Gasteiger partial charge in [-0.15, -0.1) is 0 Å². The van der Waals surface area contributed by atoms with E-state index in [9.17, 15) is 14.4 Å². The van der Waals surface area contributed by atoms with E-state index in [0.717, 1.165) is 5.69 Å². The van der Waals surface area contributed by atoms with Gasteiger partial charge in [-0.05, 0) is 30.3 Å². The summed E-state index contributed by atoms with van der Waals surface area (Å²) in [5.41, 5.74) is 1.73. The Morgan fingerprint density at radius 1 is 1.14 bits per heavy atom. The molecule has 2 heterocycles.